The van der Waals surface area contributed by atoms with Crippen LogP contribution in [0.3, 0.4) is 0 Å². The highest BCUT2D eigenvalue weighted by molar-refractivity contribution is 5.71. The van der Waals surface area contributed by atoms with Gasteiger partial charge in [-0.15, -0.1) is 0 Å². The third kappa shape index (κ3) is 58.7. The summed E-state index contributed by atoms with van der Waals surface area (Å²) < 4.78 is 16.8. The zero-order chi connectivity index (χ0) is 53.6. The summed E-state index contributed by atoms with van der Waals surface area (Å²) in [5, 5.41) is 0. The molecule has 0 aliphatic rings. The SMILES string of the molecule is CC/C=C\C/C=C\C/C=C\C/C=C\C/C=C\CCCCCCCCCCCCCCCC(=O)OCC(COC(=O)CCCCC/C=C\C/C=C\C/C=C\CC)OC(=O)CCCCCCC/C=C\C/C=C\CCCC. The monoisotopic (exact) mass is 1020 g/mol. The molecule has 0 aromatic rings. The summed E-state index contributed by atoms with van der Waals surface area (Å²) in [5.74, 6) is -0.940. The van der Waals surface area contributed by atoms with Crippen molar-refractivity contribution in [1.82, 2.24) is 0 Å². The zero-order valence-corrected chi connectivity index (χ0v) is 48.1. The van der Waals surface area contributed by atoms with E-state index in [-0.39, 0.29) is 31.1 Å². The molecule has 6 nitrogen and oxygen atoms in total. The fraction of sp³-hybridized carbons (Fsp3) is 0.662. The Bertz CT molecular complexity index is 1550. The van der Waals surface area contributed by atoms with Crippen molar-refractivity contribution in [1.29, 1.82) is 0 Å². The lowest BCUT2D eigenvalue weighted by Gasteiger charge is -2.18. The number of hydrogen-bond donors (Lipinski definition) is 0. The van der Waals surface area contributed by atoms with Gasteiger partial charge in [-0.05, 0) is 122 Å². The molecule has 0 rings (SSSR count). The maximum atomic E-state index is 12.8. The van der Waals surface area contributed by atoms with E-state index in [0.717, 1.165) is 141 Å². The molecule has 0 aliphatic heterocycles. The molecule has 0 spiro atoms. The van der Waals surface area contributed by atoms with E-state index in [9.17, 15) is 14.4 Å². The van der Waals surface area contributed by atoms with Gasteiger partial charge in [-0.1, -0.05) is 251 Å². The van der Waals surface area contributed by atoms with E-state index in [1.54, 1.807) is 0 Å². The fourth-order valence-electron chi connectivity index (χ4n) is 8.15. The average Bonchev–Trinajstić information content (AvgIpc) is 3.40. The molecule has 0 saturated heterocycles. The first-order valence-electron chi connectivity index (χ1n) is 30.5. The lowest BCUT2D eigenvalue weighted by Crippen LogP contribution is -2.30. The minimum Gasteiger partial charge on any atom is -0.462 e. The minimum atomic E-state index is -0.800. The Kier molecular flexibility index (Phi) is 57.9. The molecule has 0 aliphatic carbocycles. The van der Waals surface area contributed by atoms with Gasteiger partial charge in [0, 0.05) is 19.3 Å². The van der Waals surface area contributed by atoms with Gasteiger partial charge in [0.2, 0.25) is 0 Å². The number of rotatable bonds is 54. The lowest BCUT2D eigenvalue weighted by atomic mass is 10.0. The van der Waals surface area contributed by atoms with Gasteiger partial charge in [-0.3, -0.25) is 14.4 Å². The Morgan fingerprint density at radius 3 is 0.838 bits per heavy atom. The molecule has 0 N–H and O–H groups in total. The second kappa shape index (κ2) is 61.4. The van der Waals surface area contributed by atoms with Crippen LogP contribution in [0.1, 0.15) is 271 Å². The molecule has 1 unspecified atom stereocenters. The second-order valence-corrected chi connectivity index (χ2v) is 19.8. The molecule has 420 valence electrons. The second-order valence-electron chi connectivity index (χ2n) is 19.8. The van der Waals surface area contributed by atoms with E-state index in [0.29, 0.717) is 19.3 Å². The Morgan fingerprint density at radius 2 is 0.527 bits per heavy atom. The summed E-state index contributed by atoms with van der Waals surface area (Å²) in [6.07, 6.45) is 84.9. The van der Waals surface area contributed by atoms with Gasteiger partial charge in [-0.25, -0.2) is 0 Å². The van der Waals surface area contributed by atoms with Gasteiger partial charge in [0.25, 0.3) is 0 Å². The molecular formula is C68H112O6. The van der Waals surface area contributed by atoms with E-state index >= 15 is 0 Å². The summed E-state index contributed by atoms with van der Waals surface area (Å²) >= 11 is 0. The van der Waals surface area contributed by atoms with Crippen molar-refractivity contribution < 1.29 is 28.6 Å². The van der Waals surface area contributed by atoms with Crippen LogP contribution < -0.4 is 0 Å². The Morgan fingerprint density at radius 1 is 0.284 bits per heavy atom. The molecular weight excluding hydrogens is 913 g/mol. The minimum absolute atomic E-state index is 0.0953. The van der Waals surface area contributed by atoms with Crippen LogP contribution in [0.2, 0.25) is 0 Å². The number of esters is 3. The van der Waals surface area contributed by atoms with Crippen LogP contribution in [0.15, 0.2) is 122 Å². The Hall–Kier alpha value is -4.19. The average molecular weight is 1030 g/mol. The first kappa shape index (κ1) is 69.8. The van der Waals surface area contributed by atoms with Crippen molar-refractivity contribution in [2.24, 2.45) is 0 Å². The number of carbonyl (C=O) groups is 3. The summed E-state index contributed by atoms with van der Waals surface area (Å²) in [5.41, 5.74) is 0. The standard InChI is InChI=1S/C68H112O6/c1-4-7-10-13-16-19-22-25-27-28-29-30-31-32-33-34-35-36-37-38-39-40-41-44-46-49-52-55-58-61-67(70)73-64-65(63-72-66(69)60-57-54-51-48-45-42-24-21-18-15-12-9-6-3)74-68(71)62-59-56-53-50-47-43-26-23-20-17-14-11-8-5-2/h7,9-10,12,14,16-19,21,23,25-27,29-30,32-33,42,45,65H,4-6,8,11,13,15,20,22,24,28,31,34-41,43-44,46-64H2,1-3H3/b10-7-,12-9-,17-14-,19-16-,21-18-,26-23-,27-25-,30-29-,33-32-,45-42-. The molecule has 0 heterocycles. The van der Waals surface area contributed by atoms with Gasteiger partial charge in [-0.2, -0.15) is 0 Å². The zero-order valence-electron chi connectivity index (χ0n) is 48.1. The van der Waals surface area contributed by atoms with Crippen molar-refractivity contribution in [3.05, 3.63) is 122 Å². The number of allylic oxidation sites excluding steroid dienone is 20. The Labute approximate surface area is 456 Å². The maximum Gasteiger partial charge on any atom is 0.306 e. The molecule has 0 saturated carbocycles. The number of ether oxygens (including phenoxy) is 3. The lowest BCUT2D eigenvalue weighted by molar-refractivity contribution is -0.167. The van der Waals surface area contributed by atoms with Crippen LogP contribution in [0.5, 0.6) is 0 Å². The van der Waals surface area contributed by atoms with E-state index < -0.39 is 6.10 Å². The molecule has 0 amide bonds. The summed E-state index contributed by atoms with van der Waals surface area (Å²) in [7, 11) is 0. The highest BCUT2D eigenvalue weighted by atomic mass is 16.6. The van der Waals surface area contributed by atoms with E-state index in [4.69, 9.17) is 14.2 Å². The molecule has 0 bridgehead atoms. The summed E-state index contributed by atoms with van der Waals surface area (Å²) in [6, 6.07) is 0. The summed E-state index contributed by atoms with van der Waals surface area (Å²) in [6.45, 7) is 6.34. The molecule has 1 atom stereocenters. The number of unbranched alkanes of at least 4 members (excludes halogenated alkanes) is 23. The smallest absolute Gasteiger partial charge is 0.306 e. The van der Waals surface area contributed by atoms with Gasteiger partial charge in [0.1, 0.15) is 13.2 Å². The quantitative estimate of drug-likeness (QED) is 0.0261. The highest BCUT2D eigenvalue weighted by Gasteiger charge is 2.19. The fourth-order valence-corrected chi connectivity index (χ4v) is 8.15. The first-order chi connectivity index (χ1) is 36.5. The van der Waals surface area contributed by atoms with Gasteiger partial charge < -0.3 is 14.2 Å². The molecule has 0 fully saturated rings. The van der Waals surface area contributed by atoms with Crippen molar-refractivity contribution in [2.75, 3.05) is 13.2 Å². The van der Waals surface area contributed by atoms with Gasteiger partial charge >= 0.3 is 17.9 Å². The van der Waals surface area contributed by atoms with Crippen molar-refractivity contribution in [3.8, 4) is 0 Å². The van der Waals surface area contributed by atoms with Crippen LogP contribution in [-0.4, -0.2) is 37.2 Å². The van der Waals surface area contributed by atoms with E-state index in [1.807, 2.05) is 0 Å². The van der Waals surface area contributed by atoms with Crippen molar-refractivity contribution >= 4 is 17.9 Å². The van der Waals surface area contributed by atoms with Crippen LogP contribution in [0.25, 0.3) is 0 Å². The van der Waals surface area contributed by atoms with Crippen LogP contribution in [0.4, 0.5) is 0 Å². The third-order valence-corrected chi connectivity index (χ3v) is 12.7. The predicted octanol–water partition coefficient (Wildman–Crippen LogP) is 20.8. The molecule has 0 radical (unpaired) electrons. The third-order valence-electron chi connectivity index (χ3n) is 12.7. The van der Waals surface area contributed by atoms with E-state index in [1.165, 1.54) is 89.9 Å². The van der Waals surface area contributed by atoms with Crippen LogP contribution in [-0.2, 0) is 28.6 Å². The number of carbonyl (C=O) groups excluding carboxylic acids is 3. The van der Waals surface area contributed by atoms with Crippen molar-refractivity contribution in [2.45, 2.75) is 277 Å². The predicted molar refractivity (Wildman–Crippen MR) is 320 cm³/mol. The molecule has 0 aromatic heterocycles. The molecule has 74 heavy (non-hydrogen) atoms. The van der Waals surface area contributed by atoms with E-state index in [2.05, 4.69) is 142 Å². The van der Waals surface area contributed by atoms with Crippen molar-refractivity contribution in [3.63, 3.8) is 0 Å². The van der Waals surface area contributed by atoms with Crippen LogP contribution >= 0.6 is 0 Å². The Balaban J connectivity index is 4.26. The van der Waals surface area contributed by atoms with Gasteiger partial charge in [0.05, 0.1) is 0 Å². The molecule has 0 aromatic carbocycles. The largest absolute Gasteiger partial charge is 0.462 e. The first-order valence-corrected chi connectivity index (χ1v) is 30.5. The normalized spacial score (nSPS) is 13.0. The number of hydrogen-bond acceptors (Lipinski definition) is 6. The molecule has 6 heteroatoms. The summed E-state index contributed by atoms with van der Waals surface area (Å²) in [4.78, 5) is 38.2. The van der Waals surface area contributed by atoms with Crippen LogP contribution in [0, 0.1) is 0 Å². The van der Waals surface area contributed by atoms with Gasteiger partial charge in [0.15, 0.2) is 6.10 Å². The highest BCUT2D eigenvalue weighted by Crippen LogP contribution is 2.15. The maximum absolute atomic E-state index is 12.8. The topological polar surface area (TPSA) is 78.9 Å².